The molecule has 34 heavy (non-hydrogen) atoms. The van der Waals surface area contributed by atoms with E-state index < -0.39 is 24.9 Å². The van der Waals surface area contributed by atoms with Crippen molar-refractivity contribution in [1.82, 2.24) is 9.80 Å². The zero-order valence-corrected chi connectivity index (χ0v) is 18.2. The van der Waals surface area contributed by atoms with Gasteiger partial charge in [-0.05, 0) is 42.8 Å². The fraction of sp³-hybridized carbons (Fsp3) is 0.304. The molecule has 0 unspecified atom stereocenters. The fourth-order valence-electron chi connectivity index (χ4n) is 3.35. The Morgan fingerprint density at radius 1 is 0.941 bits per heavy atom. The van der Waals surface area contributed by atoms with Gasteiger partial charge in [-0.2, -0.15) is 17.6 Å². The van der Waals surface area contributed by atoms with Crippen LogP contribution in [0.4, 0.5) is 28.0 Å². The van der Waals surface area contributed by atoms with Crippen molar-refractivity contribution in [3.8, 4) is 11.5 Å². The van der Waals surface area contributed by atoms with Gasteiger partial charge in [-0.15, -0.1) is 0 Å². The fourth-order valence-corrected chi connectivity index (χ4v) is 3.35. The molecular weight excluding hydrogens is 458 g/mol. The van der Waals surface area contributed by atoms with Crippen LogP contribution in [0.25, 0.3) is 6.08 Å². The number of piperazine rings is 1. The summed E-state index contributed by atoms with van der Waals surface area (Å²) in [6.45, 7) is -3.20. The number of anilines is 1. The van der Waals surface area contributed by atoms with Crippen molar-refractivity contribution in [2.24, 2.45) is 0 Å². The Morgan fingerprint density at radius 3 is 2.26 bits per heavy atom. The molecule has 0 aromatic heterocycles. The minimum absolute atomic E-state index is 0.0893. The molecule has 1 fully saturated rings. The summed E-state index contributed by atoms with van der Waals surface area (Å²) in [6.07, 6.45) is 2.42. The Labute approximate surface area is 193 Å². The van der Waals surface area contributed by atoms with Gasteiger partial charge in [0.1, 0.15) is 11.5 Å². The summed E-state index contributed by atoms with van der Waals surface area (Å²) in [5, 5.41) is 2.82. The van der Waals surface area contributed by atoms with E-state index >= 15 is 0 Å². The zero-order chi connectivity index (χ0) is 24.7. The smallest absolute Gasteiger partial charge is 0.387 e. The molecular formula is C23H23F4N3O4. The van der Waals surface area contributed by atoms with Crippen LogP contribution < -0.4 is 14.8 Å². The Hall–Kier alpha value is -3.76. The predicted octanol–water partition coefficient (Wildman–Crippen LogP) is 4.59. The number of ether oxygens (including phenoxy) is 2. The molecule has 2 aromatic carbocycles. The molecule has 182 valence electrons. The number of amides is 3. The quantitative estimate of drug-likeness (QED) is 0.464. The molecule has 1 N–H and O–H groups in total. The van der Waals surface area contributed by atoms with Gasteiger partial charge in [-0.3, -0.25) is 4.79 Å². The lowest BCUT2D eigenvalue weighted by Gasteiger charge is -2.34. The first-order chi connectivity index (χ1) is 16.2. The Morgan fingerprint density at radius 2 is 1.62 bits per heavy atom. The Balaban J connectivity index is 1.58. The van der Waals surface area contributed by atoms with Crippen molar-refractivity contribution >= 4 is 23.7 Å². The Kier molecular flexibility index (Phi) is 8.34. The third kappa shape index (κ3) is 7.12. The largest absolute Gasteiger partial charge is 0.435 e. The van der Waals surface area contributed by atoms with Gasteiger partial charge in [-0.1, -0.05) is 12.1 Å². The van der Waals surface area contributed by atoms with Crippen LogP contribution in [0.15, 0.2) is 48.5 Å². The summed E-state index contributed by atoms with van der Waals surface area (Å²) in [4.78, 5) is 28.1. The van der Waals surface area contributed by atoms with Crippen molar-refractivity contribution in [2.75, 3.05) is 31.5 Å². The van der Waals surface area contributed by atoms with E-state index in [0.717, 1.165) is 17.7 Å². The van der Waals surface area contributed by atoms with Crippen LogP contribution >= 0.6 is 0 Å². The van der Waals surface area contributed by atoms with Gasteiger partial charge < -0.3 is 24.6 Å². The third-order valence-corrected chi connectivity index (χ3v) is 4.98. The van der Waals surface area contributed by atoms with Crippen LogP contribution in [0.2, 0.25) is 0 Å². The summed E-state index contributed by atoms with van der Waals surface area (Å²) < 4.78 is 58.7. The first kappa shape index (κ1) is 24.9. The molecule has 0 spiro atoms. The maximum Gasteiger partial charge on any atom is 0.387 e. The average molecular weight is 481 g/mol. The van der Waals surface area contributed by atoms with Crippen molar-refractivity contribution in [2.45, 2.75) is 20.1 Å². The lowest BCUT2D eigenvalue weighted by molar-refractivity contribution is -0.127. The van der Waals surface area contributed by atoms with E-state index in [9.17, 15) is 27.2 Å². The maximum absolute atomic E-state index is 12.7. The van der Waals surface area contributed by atoms with E-state index in [1.54, 1.807) is 11.0 Å². The number of carbonyl (C=O) groups excluding carboxylic acids is 2. The lowest BCUT2D eigenvalue weighted by atomic mass is 10.1. The van der Waals surface area contributed by atoms with Gasteiger partial charge in [-0.25, -0.2) is 4.79 Å². The van der Waals surface area contributed by atoms with Gasteiger partial charge in [0.05, 0.1) is 0 Å². The molecule has 0 bridgehead atoms. The number of aryl methyl sites for hydroxylation is 1. The van der Waals surface area contributed by atoms with E-state index in [1.807, 2.05) is 25.1 Å². The van der Waals surface area contributed by atoms with Crippen molar-refractivity contribution < 1.29 is 36.6 Å². The topological polar surface area (TPSA) is 71.1 Å². The minimum Gasteiger partial charge on any atom is -0.435 e. The second-order valence-electron chi connectivity index (χ2n) is 7.40. The molecule has 0 radical (unpaired) electrons. The third-order valence-electron chi connectivity index (χ3n) is 4.98. The summed E-state index contributed by atoms with van der Waals surface area (Å²) in [6, 6.07) is 10.4. The standard InChI is InChI=1S/C23H23F4N3O4/c1-15-3-2-4-17(13-15)28-23(32)30-11-9-29(10-12-30)20(31)8-6-16-5-7-18(33-21(24)25)14-19(16)34-22(26)27/h2-8,13-14,21-22H,9-12H2,1H3,(H,28,32)/b8-6+. The van der Waals surface area contributed by atoms with Gasteiger partial charge in [0.15, 0.2) is 0 Å². The number of halogens is 4. The van der Waals surface area contributed by atoms with Crippen LogP contribution in [-0.2, 0) is 4.79 Å². The number of hydrogen-bond acceptors (Lipinski definition) is 4. The van der Waals surface area contributed by atoms with E-state index in [-0.39, 0.29) is 30.4 Å². The molecule has 11 heteroatoms. The summed E-state index contributed by atoms with van der Waals surface area (Å²) in [7, 11) is 0. The predicted molar refractivity (Wildman–Crippen MR) is 117 cm³/mol. The van der Waals surface area contributed by atoms with E-state index in [1.165, 1.54) is 23.1 Å². The van der Waals surface area contributed by atoms with Crippen molar-refractivity contribution in [1.29, 1.82) is 0 Å². The molecule has 1 heterocycles. The van der Waals surface area contributed by atoms with Crippen LogP contribution in [0.3, 0.4) is 0 Å². The molecule has 1 aliphatic rings. The number of carbonyl (C=O) groups is 2. The molecule has 0 saturated carbocycles. The zero-order valence-electron chi connectivity index (χ0n) is 18.2. The normalized spacial score (nSPS) is 14.1. The SMILES string of the molecule is Cc1cccc(NC(=O)N2CCN(C(=O)/C=C/c3ccc(OC(F)F)cc3OC(F)F)CC2)c1. The highest BCUT2D eigenvalue weighted by Crippen LogP contribution is 2.28. The molecule has 2 aromatic rings. The monoisotopic (exact) mass is 481 g/mol. The van der Waals surface area contributed by atoms with E-state index in [4.69, 9.17) is 0 Å². The molecule has 1 aliphatic heterocycles. The van der Waals surface area contributed by atoms with Gasteiger partial charge in [0.2, 0.25) is 5.91 Å². The van der Waals surface area contributed by atoms with Gasteiger partial charge in [0, 0.05) is 49.6 Å². The number of rotatable bonds is 7. The number of alkyl halides is 4. The van der Waals surface area contributed by atoms with Crippen LogP contribution in [-0.4, -0.2) is 61.1 Å². The molecule has 3 rings (SSSR count). The summed E-state index contributed by atoms with van der Waals surface area (Å²) >= 11 is 0. The lowest BCUT2D eigenvalue weighted by Crippen LogP contribution is -2.51. The summed E-state index contributed by atoms with van der Waals surface area (Å²) in [5.41, 5.74) is 1.78. The van der Waals surface area contributed by atoms with Crippen LogP contribution in [0.5, 0.6) is 11.5 Å². The molecule has 3 amide bonds. The molecule has 1 saturated heterocycles. The second-order valence-corrected chi connectivity index (χ2v) is 7.40. The summed E-state index contributed by atoms with van der Waals surface area (Å²) in [5.74, 6) is -1.15. The maximum atomic E-state index is 12.7. The highest BCUT2D eigenvalue weighted by Gasteiger charge is 2.23. The molecule has 7 nitrogen and oxygen atoms in total. The van der Waals surface area contributed by atoms with Crippen molar-refractivity contribution in [3.05, 3.63) is 59.7 Å². The molecule has 0 atom stereocenters. The number of urea groups is 1. The number of nitrogens with zero attached hydrogens (tertiary/aromatic N) is 2. The van der Waals surface area contributed by atoms with Gasteiger partial charge >= 0.3 is 19.3 Å². The van der Waals surface area contributed by atoms with Crippen molar-refractivity contribution in [3.63, 3.8) is 0 Å². The first-order valence-electron chi connectivity index (χ1n) is 10.3. The minimum atomic E-state index is -3.19. The van der Waals surface area contributed by atoms with E-state index in [0.29, 0.717) is 18.8 Å². The average Bonchev–Trinajstić information content (AvgIpc) is 2.77. The number of nitrogens with one attached hydrogen (secondary N) is 1. The second kappa shape index (κ2) is 11.4. The Bertz CT molecular complexity index is 1040. The highest BCUT2D eigenvalue weighted by molar-refractivity contribution is 5.93. The highest BCUT2D eigenvalue weighted by atomic mass is 19.3. The van der Waals surface area contributed by atoms with Gasteiger partial charge in [0.25, 0.3) is 0 Å². The van der Waals surface area contributed by atoms with E-state index in [2.05, 4.69) is 14.8 Å². The van der Waals surface area contributed by atoms with Crippen LogP contribution in [0, 0.1) is 6.92 Å². The number of benzene rings is 2. The molecule has 0 aliphatic carbocycles. The number of hydrogen-bond donors (Lipinski definition) is 1. The van der Waals surface area contributed by atoms with Crippen LogP contribution in [0.1, 0.15) is 11.1 Å². The first-order valence-corrected chi connectivity index (χ1v) is 10.3.